The summed E-state index contributed by atoms with van der Waals surface area (Å²) in [5.74, 6) is 1.88. The molecule has 124 valence electrons. The summed E-state index contributed by atoms with van der Waals surface area (Å²) in [4.78, 5) is 0. The molecule has 3 nitrogen and oxygen atoms in total. The Morgan fingerprint density at radius 1 is 0.913 bits per heavy atom. The number of rotatable bonds is 9. The molecule has 0 spiro atoms. The maximum atomic E-state index is 5.82. The van der Waals surface area contributed by atoms with Crippen LogP contribution < -0.4 is 14.8 Å². The van der Waals surface area contributed by atoms with Crippen molar-refractivity contribution < 1.29 is 9.47 Å². The van der Waals surface area contributed by atoms with Crippen molar-refractivity contribution in [3.8, 4) is 11.5 Å². The largest absolute Gasteiger partial charge is 0.494 e. The molecule has 0 aliphatic rings. The molecule has 2 rings (SSSR count). The zero-order valence-corrected chi connectivity index (χ0v) is 14.4. The third-order valence-corrected chi connectivity index (χ3v) is 3.64. The fourth-order valence-electron chi connectivity index (χ4n) is 2.32. The molecule has 3 heteroatoms. The molecule has 0 bridgehead atoms. The molecular weight excluding hydrogens is 286 g/mol. The van der Waals surface area contributed by atoms with Gasteiger partial charge in [0, 0.05) is 12.2 Å². The lowest BCUT2D eigenvalue weighted by Crippen LogP contribution is -2.11. The molecule has 0 amide bonds. The van der Waals surface area contributed by atoms with E-state index in [0.717, 1.165) is 43.2 Å². The highest BCUT2D eigenvalue weighted by molar-refractivity contribution is 5.46. The Morgan fingerprint density at radius 2 is 1.70 bits per heavy atom. The van der Waals surface area contributed by atoms with E-state index in [9.17, 15) is 0 Å². The van der Waals surface area contributed by atoms with Gasteiger partial charge >= 0.3 is 0 Å². The lowest BCUT2D eigenvalue weighted by Gasteiger charge is -2.11. The molecule has 0 aliphatic carbocycles. The Kier molecular flexibility index (Phi) is 6.79. The molecule has 23 heavy (non-hydrogen) atoms. The van der Waals surface area contributed by atoms with Crippen LogP contribution in [0.25, 0.3) is 0 Å². The van der Waals surface area contributed by atoms with E-state index in [0.29, 0.717) is 6.61 Å². The Bertz CT molecular complexity index is 593. The maximum Gasteiger partial charge on any atom is 0.122 e. The average molecular weight is 313 g/mol. The van der Waals surface area contributed by atoms with Gasteiger partial charge in [0.05, 0.1) is 6.61 Å². The number of anilines is 1. The fraction of sp³-hybridized carbons (Fsp3) is 0.400. The third kappa shape index (κ3) is 5.85. The number of aryl methyl sites for hydroxylation is 2. The van der Waals surface area contributed by atoms with E-state index in [4.69, 9.17) is 9.47 Å². The monoisotopic (exact) mass is 313 g/mol. The number of nitrogens with one attached hydrogen (secondary N) is 1. The topological polar surface area (TPSA) is 30.5 Å². The average Bonchev–Trinajstić information content (AvgIpc) is 2.55. The van der Waals surface area contributed by atoms with Crippen molar-refractivity contribution in [2.24, 2.45) is 0 Å². The molecule has 0 atom stereocenters. The molecule has 0 fully saturated rings. The van der Waals surface area contributed by atoms with Crippen LogP contribution in [0.15, 0.2) is 42.5 Å². The lowest BCUT2D eigenvalue weighted by molar-refractivity contribution is 0.309. The fourth-order valence-corrected chi connectivity index (χ4v) is 2.32. The third-order valence-electron chi connectivity index (χ3n) is 3.64. The molecule has 0 aromatic heterocycles. The molecule has 2 aromatic rings. The maximum absolute atomic E-state index is 5.82. The highest BCUT2D eigenvalue weighted by Gasteiger charge is 2.00. The second-order valence-corrected chi connectivity index (χ2v) is 5.77. The van der Waals surface area contributed by atoms with Gasteiger partial charge in [0.25, 0.3) is 0 Å². The minimum Gasteiger partial charge on any atom is -0.494 e. The predicted molar refractivity (Wildman–Crippen MR) is 96.7 cm³/mol. The molecule has 0 unspecified atom stereocenters. The van der Waals surface area contributed by atoms with Crippen molar-refractivity contribution in [3.05, 3.63) is 53.6 Å². The molecule has 0 radical (unpaired) electrons. The molecule has 0 heterocycles. The van der Waals surface area contributed by atoms with E-state index in [-0.39, 0.29) is 0 Å². The molecule has 0 aliphatic heterocycles. The van der Waals surface area contributed by atoms with Crippen molar-refractivity contribution in [1.29, 1.82) is 0 Å². The SMILES string of the molecule is CCCCOc1ccc(NCCOc2ccc(C)cc2C)cc1. The van der Waals surface area contributed by atoms with Crippen molar-refractivity contribution in [2.75, 3.05) is 25.1 Å². The minimum atomic E-state index is 0.638. The van der Waals surface area contributed by atoms with Gasteiger partial charge in [-0.2, -0.15) is 0 Å². The second kappa shape index (κ2) is 9.09. The Balaban J connectivity index is 1.71. The molecule has 2 aromatic carbocycles. The van der Waals surface area contributed by atoms with E-state index in [1.807, 2.05) is 30.3 Å². The summed E-state index contributed by atoms with van der Waals surface area (Å²) >= 11 is 0. The molecular formula is C20H27NO2. The van der Waals surface area contributed by atoms with Crippen LogP contribution in [-0.2, 0) is 0 Å². The van der Waals surface area contributed by atoms with Gasteiger partial charge in [0.1, 0.15) is 18.1 Å². The molecule has 0 saturated carbocycles. The Hall–Kier alpha value is -2.16. The Labute approximate surface area is 139 Å². The van der Waals surface area contributed by atoms with Gasteiger partial charge in [-0.1, -0.05) is 31.0 Å². The standard InChI is InChI=1S/C20H27NO2/c1-4-5-13-22-19-9-7-18(8-10-19)21-12-14-23-20-11-6-16(2)15-17(20)3/h6-11,15,21H,4-5,12-14H2,1-3H3. The van der Waals surface area contributed by atoms with Crippen LogP contribution in [-0.4, -0.2) is 19.8 Å². The number of benzene rings is 2. The normalized spacial score (nSPS) is 10.4. The smallest absolute Gasteiger partial charge is 0.122 e. The van der Waals surface area contributed by atoms with Crippen LogP contribution in [0.5, 0.6) is 11.5 Å². The first kappa shape index (κ1) is 17.2. The second-order valence-electron chi connectivity index (χ2n) is 5.77. The van der Waals surface area contributed by atoms with Crippen molar-refractivity contribution in [1.82, 2.24) is 0 Å². The van der Waals surface area contributed by atoms with E-state index < -0.39 is 0 Å². The van der Waals surface area contributed by atoms with Crippen LogP contribution in [0.3, 0.4) is 0 Å². The predicted octanol–water partition coefficient (Wildman–Crippen LogP) is 4.97. The first-order valence-electron chi connectivity index (χ1n) is 8.36. The lowest BCUT2D eigenvalue weighted by atomic mass is 10.1. The summed E-state index contributed by atoms with van der Waals surface area (Å²) in [5.41, 5.74) is 3.52. The molecule has 1 N–H and O–H groups in total. The summed E-state index contributed by atoms with van der Waals surface area (Å²) in [5, 5.41) is 3.36. The Morgan fingerprint density at radius 3 is 2.39 bits per heavy atom. The summed E-state index contributed by atoms with van der Waals surface area (Å²) < 4.78 is 11.5. The van der Waals surface area contributed by atoms with Crippen LogP contribution in [0.4, 0.5) is 5.69 Å². The van der Waals surface area contributed by atoms with Crippen LogP contribution in [0.2, 0.25) is 0 Å². The van der Waals surface area contributed by atoms with Crippen LogP contribution in [0.1, 0.15) is 30.9 Å². The van der Waals surface area contributed by atoms with Gasteiger partial charge in [0.15, 0.2) is 0 Å². The van der Waals surface area contributed by atoms with Gasteiger partial charge in [-0.05, 0) is 56.2 Å². The highest BCUT2D eigenvalue weighted by Crippen LogP contribution is 2.19. The summed E-state index contributed by atoms with van der Waals surface area (Å²) in [6, 6.07) is 14.3. The van der Waals surface area contributed by atoms with E-state index in [1.54, 1.807) is 0 Å². The van der Waals surface area contributed by atoms with Crippen molar-refractivity contribution in [2.45, 2.75) is 33.6 Å². The van der Waals surface area contributed by atoms with Crippen LogP contribution in [0, 0.1) is 13.8 Å². The summed E-state index contributed by atoms with van der Waals surface area (Å²) in [6.45, 7) is 8.52. The van der Waals surface area contributed by atoms with E-state index in [1.165, 1.54) is 11.1 Å². The van der Waals surface area contributed by atoms with Crippen molar-refractivity contribution in [3.63, 3.8) is 0 Å². The number of ether oxygens (including phenoxy) is 2. The number of unbranched alkanes of at least 4 members (excludes halogenated alkanes) is 1. The zero-order chi connectivity index (χ0) is 16.5. The van der Waals surface area contributed by atoms with Gasteiger partial charge < -0.3 is 14.8 Å². The number of hydrogen-bond donors (Lipinski definition) is 1. The number of hydrogen-bond acceptors (Lipinski definition) is 3. The van der Waals surface area contributed by atoms with E-state index in [2.05, 4.69) is 38.2 Å². The zero-order valence-electron chi connectivity index (χ0n) is 14.4. The van der Waals surface area contributed by atoms with Gasteiger partial charge in [0.2, 0.25) is 0 Å². The van der Waals surface area contributed by atoms with Gasteiger partial charge in [-0.25, -0.2) is 0 Å². The quantitative estimate of drug-likeness (QED) is 0.663. The van der Waals surface area contributed by atoms with Gasteiger partial charge in [-0.15, -0.1) is 0 Å². The van der Waals surface area contributed by atoms with Crippen LogP contribution >= 0.6 is 0 Å². The highest BCUT2D eigenvalue weighted by atomic mass is 16.5. The van der Waals surface area contributed by atoms with E-state index >= 15 is 0 Å². The first-order chi connectivity index (χ1) is 11.2. The molecule has 0 saturated heterocycles. The summed E-state index contributed by atoms with van der Waals surface area (Å²) in [7, 11) is 0. The first-order valence-corrected chi connectivity index (χ1v) is 8.36. The van der Waals surface area contributed by atoms with Crippen molar-refractivity contribution >= 4 is 5.69 Å². The summed E-state index contributed by atoms with van der Waals surface area (Å²) in [6.07, 6.45) is 2.25. The van der Waals surface area contributed by atoms with Gasteiger partial charge in [-0.3, -0.25) is 0 Å². The minimum absolute atomic E-state index is 0.638.